The molecule has 168 valence electrons. The molecule has 1 fully saturated rings. The molecule has 1 aliphatic heterocycles. The van der Waals surface area contributed by atoms with Crippen molar-refractivity contribution < 1.29 is 9.59 Å². The third-order valence-corrected chi connectivity index (χ3v) is 5.87. The van der Waals surface area contributed by atoms with Crippen molar-refractivity contribution in [1.29, 1.82) is 0 Å². The highest BCUT2D eigenvalue weighted by atomic mass is 35.5. The Morgan fingerprint density at radius 3 is 2.12 bits per heavy atom. The SMILES string of the molecule is O=C(NC(=S)Nc1ccccc1N1CCN(C(=O)c2ccc(Cl)cc2)CC1)c1ccccc1. The van der Waals surface area contributed by atoms with Gasteiger partial charge in [-0.1, -0.05) is 41.9 Å². The number of piperazine rings is 1. The van der Waals surface area contributed by atoms with E-state index in [2.05, 4.69) is 15.5 Å². The van der Waals surface area contributed by atoms with Crippen molar-refractivity contribution in [2.75, 3.05) is 36.4 Å². The highest BCUT2D eigenvalue weighted by Crippen LogP contribution is 2.27. The van der Waals surface area contributed by atoms with Crippen LogP contribution in [0.5, 0.6) is 0 Å². The predicted octanol–water partition coefficient (Wildman–Crippen LogP) is 4.43. The molecule has 0 bridgehead atoms. The van der Waals surface area contributed by atoms with Crippen LogP contribution in [0.25, 0.3) is 0 Å². The van der Waals surface area contributed by atoms with Gasteiger partial charge in [-0.25, -0.2) is 0 Å². The zero-order chi connectivity index (χ0) is 23.2. The summed E-state index contributed by atoms with van der Waals surface area (Å²) in [6.07, 6.45) is 0. The maximum Gasteiger partial charge on any atom is 0.257 e. The first kappa shape index (κ1) is 22.8. The molecule has 3 aromatic carbocycles. The van der Waals surface area contributed by atoms with Gasteiger partial charge in [-0.2, -0.15) is 0 Å². The maximum atomic E-state index is 12.8. The summed E-state index contributed by atoms with van der Waals surface area (Å²) in [4.78, 5) is 29.2. The molecule has 0 unspecified atom stereocenters. The minimum Gasteiger partial charge on any atom is -0.366 e. The average molecular weight is 479 g/mol. The lowest BCUT2D eigenvalue weighted by atomic mass is 10.1. The molecule has 1 aliphatic rings. The van der Waals surface area contributed by atoms with E-state index in [4.69, 9.17) is 23.8 Å². The molecule has 6 nitrogen and oxygen atoms in total. The number of amides is 2. The van der Waals surface area contributed by atoms with Crippen LogP contribution in [0.15, 0.2) is 78.9 Å². The number of nitrogens with one attached hydrogen (secondary N) is 2. The number of carbonyl (C=O) groups excluding carboxylic acids is 2. The fourth-order valence-electron chi connectivity index (χ4n) is 3.70. The van der Waals surface area contributed by atoms with Gasteiger partial charge in [0.25, 0.3) is 11.8 Å². The quantitative estimate of drug-likeness (QED) is 0.543. The molecule has 33 heavy (non-hydrogen) atoms. The monoisotopic (exact) mass is 478 g/mol. The Morgan fingerprint density at radius 2 is 1.42 bits per heavy atom. The van der Waals surface area contributed by atoms with Crippen molar-refractivity contribution >= 4 is 52.1 Å². The molecule has 0 atom stereocenters. The number of anilines is 2. The summed E-state index contributed by atoms with van der Waals surface area (Å²) in [7, 11) is 0. The zero-order valence-corrected chi connectivity index (χ0v) is 19.4. The van der Waals surface area contributed by atoms with E-state index >= 15 is 0 Å². The molecule has 0 saturated carbocycles. The van der Waals surface area contributed by atoms with Gasteiger partial charge in [-0.05, 0) is 60.7 Å². The largest absolute Gasteiger partial charge is 0.366 e. The molecule has 2 N–H and O–H groups in total. The highest BCUT2D eigenvalue weighted by molar-refractivity contribution is 7.80. The molecule has 0 aliphatic carbocycles. The third-order valence-electron chi connectivity index (χ3n) is 5.41. The lowest BCUT2D eigenvalue weighted by Gasteiger charge is -2.37. The first-order chi connectivity index (χ1) is 16.0. The molecule has 2 amide bonds. The number of hydrogen-bond donors (Lipinski definition) is 2. The van der Waals surface area contributed by atoms with Crippen LogP contribution >= 0.6 is 23.8 Å². The Kier molecular flexibility index (Phi) is 7.22. The summed E-state index contributed by atoms with van der Waals surface area (Å²) in [5, 5.41) is 6.70. The minimum atomic E-state index is -0.264. The first-order valence-corrected chi connectivity index (χ1v) is 11.4. The van der Waals surface area contributed by atoms with Crippen molar-refractivity contribution in [3.63, 3.8) is 0 Å². The van der Waals surface area contributed by atoms with Crippen LogP contribution in [0.3, 0.4) is 0 Å². The van der Waals surface area contributed by atoms with E-state index in [1.165, 1.54) is 0 Å². The van der Waals surface area contributed by atoms with Crippen LogP contribution in [0.1, 0.15) is 20.7 Å². The van der Waals surface area contributed by atoms with Gasteiger partial charge in [0.1, 0.15) is 0 Å². The maximum absolute atomic E-state index is 12.8. The minimum absolute atomic E-state index is 0.00234. The fraction of sp³-hybridized carbons (Fsp3) is 0.160. The average Bonchev–Trinajstić information content (AvgIpc) is 2.85. The van der Waals surface area contributed by atoms with E-state index in [1.807, 2.05) is 35.2 Å². The Labute approximate surface area is 203 Å². The van der Waals surface area contributed by atoms with E-state index in [9.17, 15) is 9.59 Å². The summed E-state index contributed by atoms with van der Waals surface area (Å²) in [6.45, 7) is 2.57. The van der Waals surface area contributed by atoms with E-state index in [1.54, 1.807) is 48.5 Å². The molecule has 1 heterocycles. The van der Waals surface area contributed by atoms with E-state index in [0.29, 0.717) is 42.3 Å². The Bertz CT molecular complexity index is 1150. The van der Waals surface area contributed by atoms with Crippen molar-refractivity contribution in [3.05, 3.63) is 95.0 Å². The van der Waals surface area contributed by atoms with Crippen LogP contribution < -0.4 is 15.5 Å². The summed E-state index contributed by atoms with van der Waals surface area (Å²) in [6, 6.07) is 23.7. The Morgan fingerprint density at radius 1 is 0.788 bits per heavy atom. The Balaban J connectivity index is 1.37. The number of rotatable bonds is 4. The molecule has 8 heteroatoms. The van der Waals surface area contributed by atoms with Gasteiger partial charge in [0, 0.05) is 42.3 Å². The Hall–Kier alpha value is -3.42. The van der Waals surface area contributed by atoms with Crippen molar-refractivity contribution in [1.82, 2.24) is 10.2 Å². The van der Waals surface area contributed by atoms with Crippen LogP contribution in [0.4, 0.5) is 11.4 Å². The van der Waals surface area contributed by atoms with Crippen LogP contribution in [0.2, 0.25) is 5.02 Å². The van der Waals surface area contributed by atoms with Crippen LogP contribution in [-0.2, 0) is 0 Å². The normalized spacial score (nSPS) is 13.4. The second-order valence-corrected chi connectivity index (χ2v) is 8.42. The predicted molar refractivity (Wildman–Crippen MR) is 136 cm³/mol. The number of thiocarbonyl (C=S) groups is 1. The molecule has 4 rings (SSSR count). The van der Waals surface area contributed by atoms with Gasteiger partial charge in [0.2, 0.25) is 0 Å². The summed E-state index contributed by atoms with van der Waals surface area (Å²) in [5.74, 6) is -0.262. The number of para-hydroxylation sites is 2. The molecular weight excluding hydrogens is 456 g/mol. The first-order valence-electron chi connectivity index (χ1n) is 10.6. The van der Waals surface area contributed by atoms with Crippen molar-refractivity contribution in [2.24, 2.45) is 0 Å². The number of nitrogens with zero attached hydrogens (tertiary/aromatic N) is 2. The fourth-order valence-corrected chi connectivity index (χ4v) is 4.03. The van der Waals surface area contributed by atoms with Gasteiger partial charge in [0.05, 0.1) is 11.4 Å². The van der Waals surface area contributed by atoms with Crippen molar-refractivity contribution in [3.8, 4) is 0 Å². The van der Waals surface area contributed by atoms with Gasteiger partial charge in [0.15, 0.2) is 5.11 Å². The van der Waals surface area contributed by atoms with Gasteiger partial charge >= 0.3 is 0 Å². The number of halogens is 1. The summed E-state index contributed by atoms with van der Waals surface area (Å²) in [5.41, 5.74) is 2.94. The van der Waals surface area contributed by atoms with Gasteiger partial charge in [-0.3, -0.25) is 14.9 Å². The third kappa shape index (κ3) is 5.69. The van der Waals surface area contributed by atoms with Crippen LogP contribution in [-0.4, -0.2) is 48.0 Å². The molecule has 0 aromatic heterocycles. The van der Waals surface area contributed by atoms with Gasteiger partial charge < -0.3 is 15.1 Å². The van der Waals surface area contributed by atoms with E-state index in [-0.39, 0.29) is 16.9 Å². The second-order valence-electron chi connectivity index (χ2n) is 7.58. The van der Waals surface area contributed by atoms with Gasteiger partial charge in [-0.15, -0.1) is 0 Å². The lowest BCUT2D eigenvalue weighted by Crippen LogP contribution is -2.49. The molecule has 1 saturated heterocycles. The standard InChI is InChI=1S/C25H23ClN4O2S/c26-20-12-10-19(11-13-20)24(32)30-16-14-29(15-17-30)22-9-5-4-8-21(22)27-25(33)28-23(31)18-6-2-1-3-7-18/h1-13H,14-17H2,(H2,27,28,31,33). The summed E-state index contributed by atoms with van der Waals surface area (Å²) < 4.78 is 0. The van der Waals surface area contributed by atoms with E-state index in [0.717, 1.165) is 11.4 Å². The van der Waals surface area contributed by atoms with E-state index < -0.39 is 0 Å². The highest BCUT2D eigenvalue weighted by Gasteiger charge is 2.23. The molecule has 0 spiro atoms. The summed E-state index contributed by atoms with van der Waals surface area (Å²) >= 11 is 11.3. The number of benzene rings is 3. The lowest BCUT2D eigenvalue weighted by molar-refractivity contribution is 0.0746. The molecular formula is C25H23ClN4O2S. The number of carbonyl (C=O) groups is 2. The molecule has 3 aromatic rings. The zero-order valence-electron chi connectivity index (χ0n) is 17.8. The smallest absolute Gasteiger partial charge is 0.257 e. The number of hydrogen-bond acceptors (Lipinski definition) is 4. The van der Waals surface area contributed by atoms with Crippen LogP contribution in [0, 0.1) is 0 Å². The van der Waals surface area contributed by atoms with Crippen molar-refractivity contribution in [2.45, 2.75) is 0 Å². The topological polar surface area (TPSA) is 64.7 Å². The second kappa shape index (κ2) is 10.5. The molecule has 0 radical (unpaired) electrons.